The van der Waals surface area contributed by atoms with Crippen LogP contribution >= 0.6 is 0 Å². The van der Waals surface area contributed by atoms with E-state index in [9.17, 15) is 0 Å². The van der Waals surface area contributed by atoms with Crippen LogP contribution in [0, 0.1) is 6.92 Å². The van der Waals surface area contributed by atoms with Crippen LogP contribution in [0.3, 0.4) is 0 Å². The number of aryl methyl sites for hydroxylation is 1. The van der Waals surface area contributed by atoms with Crippen molar-refractivity contribution in [3.8, 4) is 0 Å². The maximum absolute atomic E-state index is 5.74. The number of fused-ring (bicyclic) bond motifs is 1. The molecule has 2 aliphatic heterocycles. The highest BCUT2D eigenvalue weighted by atomic mass is 15.4. The Kier molecular flexibility index (Phi) is 3.89. The lowest BCUT2D eigenvalue weighted by molar-refractivity contribution is 0.115. The summed E-state index contributed by atoms with van der Waals surface area (Å²) in [6, 6.07) is 3.12. The highest BCUT2D eigenvalue weighted by Crippen LogP contribution is 2.26. The third-order valence-corrected chi connectivity index (χ3v) is 4.55. The SMILES string of the molecule is Cc1cc(CN)nc(N2CC3CCCCN3CC2C)n1. The van der Waals surface area contributed by atoms with Gasteiger partial charge in [-0.1, -0.05) is 6.42 Å². The summed E-state index contributed by atoms with van der Waals surface area (Å²) in [6.45, 7) is 8.21. The molecule has 2 fully saturated rings. The van der Waals surface area contributed by atoms with Gasteiger partial charge in [-0.05, 0) is 39.3 Å². The molecule has 0 aliphatic carbocycles. The zero-order valence-corrected chi connectivity index (χ0v) is 12.5. The molecule has 2 unspecified atom stereocenters. The summed E-state index contributed by atoms with van der Waals surface area (Å²) >= 11 is 0. The van der Waals surface area contributed by atoms with E-state index in [4.69, 9.17) is 5.73 Å². The van der Waals surface area contributed by atoms with E-state index in [1.165, 1.54) is 25.8 Å². The lowest BCUT2D eigenvalue weighted by Gasteiger charge is -2.47. The summed E-state index contributed by atoms with van der Waals surface area (Å²) < 4.78 is 0. The first-order valence-corrected chi connectivity index (χ1v) is 7.72. The molecule has 0 amide bonds. The zero-order chi connectivity index (χ0) is 14.1. The molecule has 0 saturated carbocycles. The van der Waals surface area contributed by atoms with Crippen molar-refractivity contribution in [1.29, 1.82) is 0 Å². The van der Waals surface area contributed by atoms with E-state index in [0.29, 0.717) is 18.6 Å². The fourth-order valence-electron chi connectivity index (χ4n) is 3.48. The van der Waals surface area contributed by atoms with E-state index < -0.39 is 0 Å². The van der Waals surface area contributed by atoms with Crippen molar-refractivity contribution < 1.29 is 0 Å². The fraction of sp³-hybridized carbons (Fsp3) is 0.733. The molecule has 1 aromatic heterocycles. The molecule has 3 rings (SSSR count). The number of anilines is 1. The van der Waals surface area contributed by atoms with Gasteiger partial charge in [-0.15, -0.1) is 0 Å². The van der Waals surface area contributed by atoms with Crippen molar-refractivity contribution in [3.63, 3.8) is 0 Å². The van der Waals surface area contributed by atoms with Crippen molar-refractivity contribution >= 4 is 5.95 Å². The first-order valence-electron chi connectivity index (χ1n) is 7.72. The van der Waals surface area contributed by atoms with Crippen LogP contribution in [0.5, 0.6) is 0 Å². The maximum atomic E-state index is 5.74. The number of rotatable bonds is 2. The van der Waals surface area contributed by atoms with Gasteiger partial charge in [0.05, 0.1) is 5.69 Å². The van der Waals surface area contributed by atoms with Gasteiger partial charge in [0.2, 0.25) is 5.95 Å². The molecule has 0 bridgehead atoms. The van der Waals surface area contributed by atoms with Crippen molar-refractivity contribution in [2.24, 2.45) is 5.73 Å². The first-order chi connectivity index (χ1) is 9.67. The van der Waals surface area contributed by atoms with Gasteiger partial charge in [0, 0.05) is 37.4 Å². The Hall–Kier alpha value is -1.20. The van der Waals surface area contributed by atoms with Gasteiger partial charge < -0.3 is 10.6 Å². The van der Waals surface area contributed by atoms with E-state index in [1.54, 1.807) is 0 Å². The second-order valence-electron chi connectivity index (χ2n) is 6.15. The van der Waals surface area contributed by atoms with Gasteiger partial charge in [0.25, 0.3) is 0 Å². The fourth-order valence-corrected chi connectivity index (χ4v) is 3.48. The minimum atomic E-state index is 0.469. The smallest absolute Gasteiger partial charge is 0.226 e. The molecule has 3 heterocycles. The summed E-state index contributed by atoms with van der Waals surface area (Å²) in [7, 11) is 0. The van der Waals surface area contributed by atoms with Crippen LogP contribution in [0.4, 0.5) is 5.95 Å². The third-order valence-electron chi connectivity index (χ3n) is 4.55. The molecule has 0 spiro atoms. The molecular formula is C15H25N5. The number of nitrogens with two attached hydrogens (primary N) is 1. The maximum Gasteiger partial charge on any atom is 0.226 e. The normalized spacial score (nSPS) is 27.4. The molecule has 0 radical (unpaired) electrons. The van der Waals surface area contributed by atoms with Crippen LogP contribution in [0.1, 0.15) is 37.6 Å². The van der Waals surface area contributed by atoms with Gasteiger partial charge in [-0.2, -0.15) is 0 Å². The Bertz CT molecular complexity index is 475. The minimum Gasteiger partial charge on any atom is -0.335 e. The predicted octanol–water partition coefficient (Wildman–Crippen LogP) is 1.31. The van der Waals surface area contributed by atoms with Crippen LogP contribution in [-0.2, 0) is 6.54 Å². The molecule has 5 nitrogen and oxygen atoms in total. The highest BCUT2D eigenvalue weighted by Gasteiger charge is 2.34. The number of aromatic nitrogens is 2. The average molecular weight is 275 g/mol. The Morgan fingerprint density at radius 2 is 2.15 bits per heavy atom. The quantitative estimate of drug-likeness (QED) is 0.882. The number of hydrogen-bond donors (Lipinski definition) is 1. The Balaban J connectivity index is 1.83. The van der Waals surface area contributed by atoms with Crippen molar-refractivity contribution in [2.45, 2.75) is 51.7 Å². The molecule has 20 heavy (non-hydrogen) atoms. The van der Waals surface area contributed by atoms with Gasteiger partial charge in [-0.25, -0.2) is 9.97 Å². The molecule has 2 saturated heterocycles. The van der Waals surface area contributed by atoms with E-state index in [1.807, 2.05) is 13.0 Å². The highest BCUT2D eigenvalue weighted by molar-refractivity contribution is 5.35. The number of hydrogen-bond acceptors (Lipinski definition) is 5. The molecule has 5 heteroatoms. The molecular weight excluding hydrogens is 250 g/mol. The Morgan fingerprint density at radius 1 is 1.30 bits per heavy atom. The van der Waals surface area contributed by atoms with Crippen molar-refractivity contribution in [2.75, 3.05) is 24.5 Å². The molecule has 0 aromatic carbocycles. The second-order valence-corrected chi connectivity index (χ2v) is 6.15. The van der Waals surface area contributed by atoms with E-state index in [0.717, 1.165) is 30.4 Å². The first kappa shape index (κ1) is 13.8. The van der Waals surface area contributed by atoms with Crippen molar-refractivity contribution in [1.82, 2.24) is 14.9 Å². The van der Waals surface area contributed by atoms with Crippen LogP contribution in [0.2, 0.25) is 0 Å². The van der Waals surface area contributed by atoms with Gasteiger partial charge >= 0.3 is 0 Å². The summed E-state index contributed by atoms with van der Waals surface area (Å²) in [5, 5.41) is 0. The van der Waals surface area contributed by atoms with E-state index >= 15 is 0 Å². The summed E-state index contributed by atoms with van der Waals surface area (Å²) in [4.78, 5) is 14.3. The van der Waals surface area contributed by atoms with Crippen LogP contribution in [0.25, 0.3) is 0 Å². The van der Waals surface area contributed by atoms with Crippen molar-refractivity contribution in [3.05, 3.63) is 17.5 Å². The Morgan fingerprint density at radius 3 is 2.95 bits per heavy atom. The van der Waals surface area contributed by atoms with Gasteiger partial charge in [0.15, 0.2) is 0 Å². The van der Waals surface area contributed by atoms with Crippen LogP contribution in [0.15, 0.2) is 6.07 Å². The molecule has 1 aromatic rings. The standard InChI is InChI=1S/C15H25N5/c1-11-7-13(8-16)18-15(17-11)20-10-14-5-3-4-6-19(14)9-12(20)2/h7,12,14H,3-6,8-10,16H2,1-2H3. The van der Waals surface area contributed by atoms with Gasteiger partial charge in [0.1, 0.15) is 0 Å². The summed E-state index contributed by atoms with van der Waals surface area (Å²) in [5.74, 6) is 0.864. The zero-order valence-electron chi connectivity index (χ0n) is 12.5. The van der Waals surface area contributed by atoms with Crippen LogP contribution < -0.4 is 10.6 Å². The number of nitrogens with zero attached hydrogens (tertiary/aromatic N) is 4. The van der Waals surface area contributed by atoms with E-state index in [2.05, 4.69) is 26.7 Å². The predicted molar refractivity (Wildman–Crippen MR) is 80.7 cm³/mol. The minimum absolute atomic E-state index is 0.469. The molecule has 2 atom stereocenters. The monoisotopic (exact) mass is 275 g/mol. The molecule has 2 aliphatic rings. The molecule has 110 valence electrons. The topological polar surface area (TPSA) is 58.3 Å². The summed E-state index contributed by atoms with van der Waals surface area (Å²) in [5.41, 5.74) is 7.68. The Labute approximate surface area is 121 Å². The largest absolute Gasteiger partial charge is 0.335 e. The lowest BCUT2D eigenvalue weighted by Crippen LogP contribution is -2.59. The average Bonchev–Trinajstić information content (AvgIpc) is 2.45. The molecule has 2 N–H and O–H groups in total. The van der Waals surface area contributed by atoms with Gasteiger partial charge in [-0.3, -0.25) is 4.90 Å². The second kappa shape index (κ2) is 5.66. The van der Waals surface area contributed by atoms with E-state index in [-0.39, 0.29) is 0 Å². The third kappa shape index (κ3) is 2.65. The lowest BCUT2D eigenvalue weighted by atomic mass is 9.97. The number of piperazine rings is 1. The summed E-state index contributed by atoms with van der Waals surface area (Å²) in [6.07, 6.45) is 4.01. The number of piperidine rings is 1. The van der Waals surface area contributed by atoms with Crippen LogP contribution in [-0.4, -0.2) is 46.6 Å².